The Morgan fingerprint density at radius 2 is 0.888 bits per heavy atom. The number of carbonyl (C=O) groups is 2. The molecule has 0 aliphatic rings. The minimum absolute atomic E-state index is 0. The summed E-state index contributed by atoms with van der Waals surface area (Å²) < 4.78 is 12.3. The maximum atomic E-state index is 9.00. The first-order valence-electron chi connectivity index (χ1n) is 25.8. The van der Waals surface area contributed by atoms with Gasteiger partial charge in [0.2, 0.25) is 0 Å². The quantitative estimate of drug-likeness (QED) is 0.0857. The van der Waals surface area contributed by atoms with Crippen LogP contribution in [0.3, 0.4) is 0 Å². The third-order valence-corrected chi connectivity index (χ3v) is 10.1. The maximum absolute atomic E-state index is 9.00. The molecule has 0 atom stereocenters. The normalized spacial score (nSPS) is 8.07. The van der Waals surface area contributed by atoms with E-state index in [1.54, 1.807) is 25.5 Å². The van der Waals surface area contributed by atoms with E-state index in [2.05, 4.69) is 193 Å². The van der Waals surface area contributed by atoms with Crippen molar-refractivity contribution in [1.29, 1.82) is 0 Å². The number of pyridine rings is 4. The molecule has 0 aliphatic carbocycles. The van der Waals surface area contributed by atoms with Gasteiger partial charge in [-0.25, -0.2) is 0 Å². The number of aliphatic carboxylic acids is 2. The number of nitrogens with zero attached hydrogens (tertiary/aromatic N) is 4. The number of hydrogen-bond acceptors (Lipinski definition) is 8. The van der Waals surface area contributed by atoms with Gasteiger partial charge in [-0.15, -0.1) is 47.9 Å². The molecular formula is C77H50N4O6Pd2. The summed E-state index contributed by atoms with van der Waals surface area (Å²) in [6.45, 7) is 12.0. The molecule has 0 spiro atoms. The van der Waals surface area contributed by atoms with Crippen LogP contribution in [0.25, 0.3) is 45.0 Å². The number of benzene rings is 4. The first kappa shape index (κ1) is 73.2. The zero-order chi connectivity index (χ0) is 62.7. The Balaban J connectivity index is 0.000000424. The number of aromatic nitrogens is 4. The van der Waals surface area contributed by atoms with Crippen LogP contribution in [0.5, 0.6) is 23.0 Å². The fraction of sp³-hybridized carbons (Fsp3) is 0.0909. The summed E-state index contributed by atoms with van der Waals surface area (Å²) in [5.74, 6) is 58.1. The van der Waals surface area contributed by atoms with E-state index in [0.29, 0.717) is 11.5 Å². The molecule has 0 unspecified atom stereocenters. The van der Waals surface area contributed by atoms with Crippen LogP contribution in [0.1, 0.15) is 43.0 Å². The van der Waals surface area contributed by atoms with Crippen molar-refractivity contribution in [3.05, 3.63) is 193 Å². The third kappa shape index (κ3) is 31.0. The molecule has 89 heavy (non-hydrogen) atoms. The van der Waals surface area contributed by atoms with Crippen LogP contribution in [0.2, 0.25) is 0 Å². The topological polar surface area (TPSA) is 145 Å². The Morgan fingerprint density at radius 3 is 1.39 bits per heavy atom. The summed E-state index contributed by atoms with van der Waals surface area (Å²) >= 11 is 0. The standard InChI is InChI=1S/C25H4.C24H20N2O.C24H18N2O.2C2H4O2.2Pd/c1-3-5-7-9-11-13-15-17-19-21-23-25-24-22-20-18-16-14-12-10-8-6-4-2;2*1-17-11-13-26-23(14-17)19-6-5-7-21(15-19)27-24-16-20(10-9-18(24)2)22-8-3-4-12-25-22;2*1-2(3)4;;/h1H,2H3;3-16H,1-2H3;3-14H,1-2H3;2*1H3,(H,3,4);;/q;;-2;;;;+2. The fourth-order valence-corrected chi connectivity index (χ4v) is 6.41. The van der Waals surface area contributed by atoms with Gasteiger partial charge >= 0.3 is 20.4 Å². The minimum Gasteiger partial charge on any atom is -0.496 e. The third-order valence-electron chi connectivity index (χ3n) is 10.1. The Kier molecular flexibility index (Phi) is 35.9. The average Bonchev–Trinajstić information content (AvgIpc) is 3.66. The molecule has 12 heteroatoms. The van der Waals surface area contributed by atoms with E-state index < -0.39 is 11.9 Å². The van der Waals surface area contributed by atoms with Gasteiger partial charge in [-0.3, -0.25) is 19.6 Å². The Labute approximate surface area is 549 Å². The number of terminal acetylenes is 1. The van der Waals surface area contributed by atoms with E-state index in [0.717, 1.165) is 87.1 Å². The molecule has 4 aromatic carbocycles. The zero-order valence-electron chi connectivity index (χ0n) is 49.0. The van der Waals surface area contributed by atoms with E-state index in [-0.39, 0.29) is 40.8 Å². The molecule has 0 fully saturated rings. The van der Waals surface area contributed by atoms with Gasteiger partial charge in [-0.05, 0) is 200 Å². The Bertz CT molecular complexity index is 4340. The number of hydrogen-bond donors (Lipinski definition) is 2. The van der Waals surface area contributed by atoms with Gasteiger partial charge in [-0.2, -0.15) is 0 Å². The van der Waals surface area contributed by atoms with Gasteiger partial charge in [-0.1, -0.05) is 84.6 Å². The molecule has 0 aliphatic heterocycles. The Morgan fingerprint density at radius 1 is 0.438 bits per heavy atom. The van der Waals surface area contributed by atoms with E-state index in [4.69, 9.17) is 35.7 Å². The molecule has 4 heterocycles. The van der Waals surface area contributed by atoms with Gasteiger partial charge in [0, 0.05) is 117 Å². The van der Waals surface area contributed by atoms with E-state index >= 15 is 0 Å². The second kappa shape index (κ2) is 43.7. The van der Waals surface area contributed by atoms with Gasteiger partial charge in [0.15, 0.2) is 0 Å². The SMILES string of the molecule is C#CC#CC#CC#CC#CC#CC#CC#CC#CC#CC#CC#CC.CC(=O)O.CC(=O)O.Cc1ccnc(-c2[c-]c(Oc3[c-]c(-c4ccccn4)ccc3C)ccc2)c1.Cc1ccnc(-c2cccc(Oc3cc(-c4ccccn4)ccc3C)c2)c1.[Pd+2].[Pd]. The molecule has 0 saturated carbocycles. The second-order valence-corrected chi connectivity index (χ2v) is 16.9. The molecule has 0 bridgehead atoms. The molecule has 8 aromatic rings. The number of aryl methyl sites for hydroxylation is 4. The van der Waals surface area contributed by atoms with Crippen LogP contribution in [-0.4, -0.2) is 42.1 Å². The van der Waals surface area contributed by atoms with Crippen molar-refractivity contribution in [1.82, 2.24) is 19.9 Å². The van der Waals surface area contributed by atoms with Crippen molar-refractivity contribution >= 4 is 11.9 Å². The smallest absolute Gasteiger partial charge is 0.496 e. The number of rotatable bonds is 8. The van der Waals surface area contributed by atoms with Crippen LogP contribution in [0.15, 0.2) is 158 Å². The first-order chi connectivity index (χ1) is 42.3. The predicted molar refractivity (Wildman–Crippen MR) is 342 cm³/mol. The molecule has 0 amide bonds. The number of carboxylic acid groups (broad SMARTS) is 2. The van der Waals surface area contributed by atoms with Crippen molar-refractivity contribution in [2.24, 2.45) is 0 Å². The van der Waals surface area contributed by atoms with Gasteiger partial charge in [0.05, 0.1) is 11.4 Å². The summed E-state index contributed by atoms with van der Waals surface area (Å²) in [4.78, 5) is 35.7. The second-order valence-electron chi connectivity index (χ2n) is 16.9. The van der Waals surface area contributed by atoms with Crippen LogP contribution in [-0.2, 0) is 50.4 Å². The monoisotopic (exact) mass is 1340 g/mol. The van der Waals surface area contributed by atoms with Crippen molar-refractivity contribution in [3.63, 3.8) is 0 Å². The minimum atomic E-state index is -0.833. The van der Waals surface area contributed by atoms with Crippen molar-refractivity contribution in [3.8, 4) is 211 Å². The molecule has 2 N–H and O–H groups in total. The summed E-state index contributed by atoms with van der Waals surface area (Å²) in [6.07, 6.45) is 12.1. The molecule has 434 valence electrons. The van der Waals surface area contributed by atoms with Crippen molar-refractivity contribution in [2.45, 2.75) is 48.5 Å². The molecule has 0 saturated heterocycles. The van der Waals surface area contributed by atoms with Crippen molar-refractivity contribution < 1.29 is 70.1 Å². The summed E-state index contributed by atoms with van der Waals surface area (Å²) in [7, 11) is 0. The van der Waals surface area contributed by atoms with Crippen LogP contribution >= 0.6 is 0 Å². The molecule has 4 aromatic heterocycles. The first-order valence-corrected chi connectivity index (χ1v) is 25.8. The van der Waals surface area contributed by atoms with E-state index in [1.807, 2.05) is 142 Å². The van der Waals surface area contributed by atoms with E-state index in [1.165, 1.54) is 5.56 Å². The van der Waals surface area contributed by atoms with Crippen LogP contribution in [0.4, 0.5) is 0 Å². The summed E-state index contributed by atoms with van der Waals surface area (Å²) in [5.41, 5.74) is 11.9. The van der Waals surface area contributed by atoms with Crippen LogP contribution in [0, 0.1) is 182 Å². The molecular weight excluding hydrogens is 1290 g/mol. The predicted octanol–water partition coefficient (Wildman–Crippen LogP) is 12.9. The fourth-order valence-electron chi connectivity index (χ4n) is 6.41. The maximum Gasteiger partial charge on any atom is 2.00 e. The number of carboxylic acids is 2. The summed E-state index contributed by atoms with van der Waals surface area (Å²) in [6, 6.07) is 50.5. The molecule has 8 rings (SSSR count). The molecule has 10 nitrogen and oxygen atoms in total. The largest absolute Gasteiger partial charge is 2.00 e. The van der Waals surface area contributed by atoms with Crippen molar-refractivity contribution in [2.75, 3.05) is 0 Å². The van der Waals surface area contributed by atoms with Gasteiger partial charge in [0.25, 0.3) is 11.9 Å². The van der Waals surface area contributed by atoms with E-state index in [9.17, 15) is 0 Å². The summed E-state index contributed by atoms with van der Waals surface area (Å²) in [5, 5.41) is 14.8. The number of ether oxygens (including phenoxy) is 2. The van der Waals surface area contributed by atoms with Gasteiger partial charge in [0.1, 0.15) is 11.5 Å². The van der Waals surface area contributed by atoms with Crippen LogP contribution < -0.4 is 9.47 Å². The molecule has 0 radical (unpaired) electrons. The zero-order valence-corrected chi connectivity index (χ0v) is 52.1. The van der Waals surface area contributed by atoms with Gasteiger partial charge < -0.3 is 29.7 Å². The average molecular weight is 1340 g/mol. The Hall–Kier alpha value is -11.9.